The molecule has 518 valence electrons. The first-order valence-corrected chi connectivity index (χ1v) is 31.4. The number of carbonyl (C=O) groups is 3. The number of fused-ring (bicyclic) bond motifs is 4. The minimum Gasteiger partial charge on any atom is -0.395 e. The number of anilines is 3. The third kappa shape index (κ3) is 18.4. The molecule has 4 aromatic heterocycles. The van der Waals surface area contributed by atoms with E-state index in [4.69, 9.17) is 5.73 Å². The zero-order valence-electron chi connectivity index (χ0n) is 54.6. The van der Waals surface area contributed by atoms with Crippen molar-refractivity contribution in [3.8, 4) is 0 Å². The summed E-state index contributed by atoms with van der Waals surface area (Å²) in [4.78, 5) is 36.0. The average molecular weight is 1390 g/mol. The van der Waals surface area contributed by atoms with E-state index in [0.717, 1.165) is 27.6 Å². The SMILES string of the molecule is CC(=O)Nc1cc2c(/C=C/c3ccc(F)cc3)n[nH]c2cc1F.CC(C)(CO)C(=O)Nc1cc2c(/C=C/c3ccc(F)cc3)n[nH]c2cc1F.NCc1cc2c(/C=C/c3cccc(F)c3)n[nH]c2cc1F.O=C(Nc1cc2c(/C=C/c3ccc(F)cc3)n[nH]c2cc1F)C(CO)c1ccccc1. The van der Waals surface area contributed by atoms with E-state index in [2.05, 4.69) is 56.7 Å². The summed E-state index contributed by atoms with van der Waals surface area (Å²) in [5.74, 6) is -5.54. The Morgan fingerprint density at radius 3 is 1.21 bits per heavy atom. The molecular weight excluding hydrogens is 1320 g/mol. The summed E-state index contributed by atoms with van der Waals surface area (Å²) in [6.07, 6.45) is 14.0. The number of H-pyrrole nitrogens is 4. The number of halogens is 8. The lowest BCUT2D eigenvalue weighted by molar-refractivity contribution is -0.125. The number of carbonyl (C=O) groups excluding carboxylic acids is 3. The fourth-order valence-corrected chi connectivity index (χ4v) is 10.1. The van der Waals surface area contributed by atoms with Crippen molar-refractivity contribution >= 4 is 127 Å². The predicted molar refractivity (Wildman–Crippen MR) is 382 cm³/mol. The number of nitrogens with zero attached hydrogens (tertiary/aromatic N) is 4. The topological polar surface area (TPSA) is 268 Å². The number of nitrogens with one attached hydrogen (secondary N) is 7. The van der Waals surface area contributed by atoms with Gasteiger partial charge >= 0.3 is 0 Å². The molecule has 0 fully saturated rings. The van der Waals surface area contributed by atoms with Crippen LogP contribution in [0.15, 0.2) is 176 Å². The zero-order chi connectivity index (χ0) is 72.6. The molecule has 0 aliphatic carbocycles. The second-order valence-electron chi connectivity index (χ2n) is 23.6. The molecule has 0 radical (unpaired) electrons. The first-order chi connectivity index (χ1) is 49.0. The Kier molecular flexibility index (Phi) is 23.3. The highest BCUT2D eigenvalue weighted by molar-refractivity contribution is 6.01. The Morgan fingerprint density at radius 1 is 0.441 bits per heavy atom. The standard InChI is InChI=1S/C24H19F2N3O2.C20H19F2N3O2.C17H13F2N3O.C16H13F2N3/c25-17-9-6-15(7-10-17)8-11-21-18-12-23(20(26)13-22(18)29-28-21)27-24(31)19(14-30)16-4-2-1-3-5-16;1-20(2,11-26)19(27)23-18-9-14-16(24-25-17(14)10-15(18)22)8-5-12-3-6-13(21)7-4-12;1-10(23)20-17-8-13-15(21-22-16(13)9-14(17)19)7-4-11-2-5-12(18)6-3-11;17-12-3-1-2-10(6-12)4-5-15-13-7-11(9-19)14(18)8-16(13)21-20-15/h1-13,19,30H,14H2,(H,27,31)(H,28,29);3-10,26H,11H2,1-2H3,(H,23,27)(H,24,25);2-9H,1H3,(H,20,23)(H,21,22);1-8H,9,19H2,(H,20,21)/b11-8+;8-5+;7-4+;5-4+. The van der Waals surface area contributed by atoms with E-state index in [0.29, 0.717) is 72.1 Å². The number of aromatic nitrogens is 8. The number of aliphatic hydroxyl groups is 2. The van der Waals surface area contributed by atoms with E-state index in [1.807, 2.05) is 6.07 Å². The summed E-state index contributed by atoms with van der Waals surface area (Å²) in [5, 5.41) is 56.8. The molecule has 9 aromatic carbocycles. The van der Waals surface area contributed by atoms with Crippen molar-refractivity contribution in [3.63, 3.8) is 0 Å². The van der Waals surface area contributed by atoms with Gasteiger partial charge in [-0.15, -0.1) is 0 Å². The van der Waals surface area contributed by atoms with Gasteiger partial charge in [-0.2, -0.15) is 20.4 Å². The van der Waals surface area contributed by atoms with Crippen LogP contribution in [0, 0.1) is 52.0 Å². The van der Waals surface area contributed by atoms with E-state index >= 15 is 0 Å². The predicted octanol–water partition coefficient (Wildman–Crippen LogP) is 16.1. The van der Waals surface area contributed by atoms with Crippen LogP contribution in [-0.4, -0.2) is 81.9 Å². The second-order valence-corrected chi connectivity index (χ2v) is 23.6. The minimum absolute atomic E-state index is 0.00635. The molecule has 0 saturated carbocycles. The van der Waals surface area contributed by atoms with Gasteiger partial charge in [0.05, 0.1) is 86.5 Å². The number of aliphatic hydroxyl groups excluding tert-OH is 2. The highest BCUT2D eigenvalue weighted by atomic mass is 19.2. The molecule has 1 atom stereocenters. The quantitative estimate of drug-likeness (QED) is 0.0385. The van der Waals surface area contributed by atoms with Gasteiger partial charge in [0.15, 0.2) is 0 Å². The zero-order valence-corrected chi connectivity index (χ0v) is 54.6. The van der Waals surface area contributed by atoms with E-state index in [-0.39, 0.29) is 65.2 Å². The van der Waals surface area contributed by atoms with E-state index in [9.17, 15) is 59.7 Å². The average Bonchev–Trinajstić information content (AvgIpc) is 1.65. The Hall–Kier alpha value is -12.5. The summed E-state index contributed by atoms with van der Waals surface area (Å²) in [5.41, 5.74) is 13.2. The molecule has 0 bridgehead atoms. The first-order valence-electron chi connectivity index (χ1n) is 31.4. The van der Waals surface area contributed by atoms with Crippen LogP contribution in [-0.2, 0) is 20.9 Å². The molecule has 0 aliphatic rings. The third-order valence-electron chi connectivity index (χ3n) is 15.7. The van der Waals surface area contributed by atoms with Gasteiger partial charge in [-0.3, -0.25) is 34.8 Å². The van der Waals surface area contributed by atoms with Gasteiger partial charge in [-0.05, 0) is 145 Å². The number of aromatic amines is 4. The molecule has 102 heavy (non-hydrogen) atoms. The van der Waals surface area contributed by atoms with Crippen LogP contribution in [0.25, 0.3) is 92.2 Å². The van der Waals surface area contributed by atoms with E-state index in [1.165, 1.54) is 97.9 Å². The van der Waals surface area contributed by atoms with Crippen LogP contribution in [0.4, 0.5) is 52.2 Å². The fraction of sp³-hybridized carbons (Fsp3) is 0.104. The fourth-order valence-electron chi connectivity index (χ4n) is 10.1. The lowest BCUT2D eigenvalue weighted by Crippen LogP contribution is -2.34. The number of rotatable bonds is 17. The minimum atomic E-state index is -1.04. The molecule has 11 N–H and O–H groups in total. The van der Waals surface area contributed by atoms with Crippen molar-refractivity contribution in [3.05, 3.63) is 279 Å². The molecule has 0 spiro atoms. The van der Waals surface area contributed by atoms with Crippen molar-refractivity contribution in [1.82, 2.24) is 40.8 Å². The van der Waals surface area contributed by atoms with Gasteiger partial charge in [0.1, 0.15) is 46.5 Å². The highest BCUT2D eigenvalue weighted by Gasteiger charge is 2.28. The molecule has 0 aliphatic heterocycles. The molecule has 25 heteroatoms. The number of amides is 3. The maximum absolute atomic E-state index is 14.6. The molecule has 13 aromatic rings. The molecule has 3 amide bonds. The second kappa shape index (κ2) is 32.9. The highest BCUT2D eigenvalue weighted by Crippen LogP contribution is 2.31. The molecule has 0 saturated heterocycles. The molecule has 17 nitrogen and oxygen atoms in total. The lowest BCUT2D eigenvalue weighted by Gasteiger charge is -2.20. The van der Waals surface area contributed by atoms with Crippen LogP contribution in [0.3, 0.4) is 0 Å². The number of hydrogen-bond donors (Lipinski definition) is 10. The van der Waals surface area contributed by atoms with Crippen LogP contribution in [0.5, 0.6) is 0 Å². The van der Waals surface area contributed by atoms with E-state index in [1.54, 1.807) is 141 Å². The first kappa shape index (κ1) is 72.3. The summed E-state index contributed by atoms with van der Waals surface area (Å²) >= 11 is 0. The molecular formula is C77H64F8N12O5. The Balaban J connectivity index is 0.000000148. The van der Waals surface area contributed by atoms with Crippen molar-refractivity contribution in [2.24, 2.45) is 11.1 Å². The van der Waals surface area contributed by atoms with Crippen molar-refractivity contribution in [1.29, 1.82) is 0 Å². The van der Waals surface area contributed by atoms with Crippen LogP contribution >= 0.6 is 0 Å². The summed E-state index contributed by atoms with van der Waals surface area (Å²) in [7, 11) is 0. The van der Waals surface area contributed by atoms with Gasteiger partial charge in [0, 0.05) is 58.8 Å². The summed E-state index contributed by atoms with van der Waals surface area (Å²) in [6, 6.07) is 44.4. The Bertz CT molecular complexity index is 5260. The number of benzene rings is 9. The Labute approximate surface area is 577 Å². The maximum atomic E-state index is 14.6. The van der Waals surface area contributed by atoms with Crippen molar-refractivity contribution in [2.45, 2.75) is 33.2 Å². The molecule has 4 heterocycles. The number of hydrogen-bond acceptors (Lipinski definition) is 10. The Morgan fingerprint density at radius 2 is 0.824 bits per heavy atom. The number of nitrogens with two attached hydrogens (primary N) is 1. The molecule has 13 rings (SSSR count). The van der Waals surface area contributed by atoms with Crippen LogP contribution < -0.4 is 21.7 Å². The van der Waals surface area contributed by atoms with Crippen molar-refractivity contribution < 1.29 is 59.7 Å². The third-order valence-corrected chi connectivity index (χ3v) is 15.7. The largest absolute Gasteiger partial charge is 0.395 e. The summed E-state index contributed by atoms with van der Waals surface area (Å²) in [6.45, 7) is 3.80. The maximum Gasteiger partial charge on any atom is 0.234 e. The normalized spacial score (nSPS) is 11.9. The van der Waals surface area contributed by atoms with Crippen LogP contribution in [0.2, 0.25) is 0 Å². The van der Waals surface area contributed by atoms with Gasteiger partial charge in [0.2, 0.25) is 17.7 Å². The van der Waals surface area contributed by atoms with Gasteiger partial charge in [-0.25, -0.2) is 35.1 Å². The van der Waals surface area contributed by atoms with Gasteiger partial charge in [-0.1, -0.05) is 103 Å². The van der Waals surface area contributed by atoms with E-state index < -0.39 is 47.2 Å². The lowest BCUT2D eigenvalue weighted by atomic mass is 9.93. The van der Waals surface area contributed by atoms with Crippen LogP contribution in [0.1, 0.15) is 82.8 Å². The monoisotopic (exact) mass is 1390 g/mol. The van der Waals surface area contributed by atoms with Gasteiger partial charge < -0.3 is 31.9 Å². The smallest absolute Gasteiger partial charge is 0.234 e. The summed E-state index contributed by atoms with van der Waals surface area (Å²) < 4.78 is 108. The van der Waals surface area contributed by atoms with Crippen molar-refractivity contribution in [2.75, 3.05) is 29.2 Å². The molecule has 1 unspecified atom stereocenters. The van der Waals surface area contributed by atoms with Gasteiger partial charge in [0.25, 0.3) is 0 Å².